The molecule has 0 bridgehead atoms. The molecule has 1 amide bonds. The summed E-state index contributed by atoms with van der Waals surface area (Å²) in [6.45, 7) is 4.02. The molecule has 0 unspecified atom stereocenters. The molecule has 1 N–H and O–H groups in total. The van der Waals surface area contributed by atoms with Crippen LogP contribution in [0.4, 0.5) is 5.13 Å². The zero-order valence-corrected chi connectivity index (χ0v) is 15.0. The normalized spacial score (nSPS) is 11.0. The van der Waals surface area contributed by atoms with Crippen molar-refractivity contribution in [2.24, 2.45) is 0 Å². The van der Waals surface area contributed by atoms with Gasteiger partial charge >= 0.3 is 0 Å². The summed E-state index contributed by atoms with van der Waals surface area (Å²) in [5, 5.41) is 12.0. The highest BCUT2D eigenvalue weighted by Crippen LogP contribution is 2.18. The summed E-state index contributed by atoms with van der Waals surface area (Å²) in [7, 11) is 0. The van der Waals surface area contributed by atoms with Crippen LogP contribution in [0.5, 0.6) is 0 Å². The molecule has 0 atom stereocenters. The van der Waals surface area contributed by atoms with Gasteiger partial charge < -0.3 is 0 Å². The molecule has 3 heterocycles. The number of pyridine rings is 1. The number of rotatable bonds is 6. The Labute approximate surface area is 148 Å². The van der Waals surface area contributed by atoms with E-state index in [4.69, 9.17) is 0 Å². The van der Waals surface area contributed by atoms with Crippen LogP contribution in [0.15, 0.2) is 29.3 Å². The van der Waals surface area contributed by atoms with Crippen molar-refractivity contribution in [1.82, 2.24) is 19.6 Å². The number of fused-ring (bicyclic) bond motifs is 1. The fraction of sp³-hybridized carbons (Fsp3) is 0.353. The van der Waals surface area contributed by atoms with Gasteiger partial charge in [-0.2, -0.15) is 0 Å². The number of nitrogens with one attached hydrogen (secondary N) is 1. The third-order valence-corrected chi connectivity index (χ3v) is 4.67. The first-order valence-corrected chi connectivity index (χ1v) is 9.02. The van der Waals surface area contributed by atoms with Gasteiger partial charge in [0.1, 0.15) is 16.2 Å². The van der Waals surface area contributed by atoms with E-state index in [2.05, 4.69) is 27.4 Å². The van der Waals surface area contributed by atoms with Crippen molar-refractivity contribution in [3.8, 4) is 0 Å². The quantitative estimate of drug-likeness (QED) is 0.685. The Morgan fingerprint density at radius 1 is 1.28 bits per heavy atom. The van der Waals surface area contributed by atoms with Gasteiger partial charge in [-0.05, 0) is 25.0 Å². The number of aryl methyl sites for hydroxylation is 2. The molecular weight excluding hydrogens is 338 g/mol. The van der Waals surface area contributed by atoms with Crippen molar-refractivity contribution in [2.75, 3.05) is 5.32 Å². The SMILES string of the molecule is CCCCCc1nnc(NC(=O)c2cnc3ccc(C)cn3c2=O)s1. The lowest BCUT2D eigenvalue weighted by atomic mass is 10.2. The van der Waals surface area contributed by atoms with E-state index < -0.39 is 11.5 Å². The fourth-order valence-electron chi connectivity index (χ4n) is 2.43. The van der Waals surface area contributed by atoms with Crippen LogP contribution in [0.3, 0.4) is 0 Å². The molecule has 0 saturated carbocycles. The molecule has 25 heavy (non-hydrogen) atoms. The highest BCUT2D eigenvalue weighted by atomic mass is 32.1. The largest absolute Gasteiger partial charge is 0.296 e. The van der Waals surface area contributed by atoms with E-state index in [1.807, 2.05) is 13.0 Å². The van der Waals surface area contributed by atoms with E-state index in [-0.39, 0.29) is 5.56 Å². The summed E-state index contributed by atoms with van der Waals surface area (Å²) in [5.74, 6) is -0.523. The molecule has 130 valence electrons. The average molecular weight is 357 g/mol. The predicted octanol–water partition coefficient (Wildman–Crippen LogP) is 2.84. The molecule has 0 radical (unpaired) electrons. The fourth-order valence-corrected chi connectivity index (χ4v) is 3.21. The number of hydrogen-bond donors (Lipinski definition) is 1. The molecule has 3 aromatic heterocycles. The van der Waals surface area contributed by atoms with Gasteiger partial charge in [-0.15, -0.1) is 10.2 Å². The van der Waals surface area contributed by atoms with Crippen molar-refractivity contribution >= 4 is 28.0 Å². The molecule has 0 aliphatic rings. The zero-order chi connectivity index (χ0) is 17.8. The molecule has 0 aliphatic heterocycles. The van der Waals surface area contributed by atoms with E-state index in [9.17, 15) is 9.59 Å². The Balaban J connectivity index is 1.78. The molecule has 0 aromatic carbocycles. The zero-order valence-electron chi connectivity index (χ0n) is 14.2. The maximum absolute atomic E-state index is 12.5. The topological polar surface area (TPSA) is 89.2 Å². The minimum Gasteiger partial charge on any atom is -0.296 e. The van der Waals surface area contributed by atoms with E-state index in [1.54, 1.807) is 12.3 Å². The molecule has 7 nitrogen and oxygen atoms in total. The first-order chi connectivity index (χ1) is 12.1. The number of unbranched alkanes of at least 4 members (excludes halogenated alkanes) is 2. The molecule has 0 saturated heterocycles. The summed E-state index contributed by atoms with van der Waals surface area (Å²) in [4.78, 5) is 29.1. The lowest BCUT2D eigenvalue weighted by molar-refractivity contribution is 0.102. The second kappa shape index (κ2) is 7.52. The highest BCUT2D eigenvalue weighted by Gasteiger charge is 2.15. The summed E-state index contributed by atoms with van der Waals surface area (Å²) in [6, 6.07) is 3.61. The van der Waals surface area contributed by atoms with E-state index in [1.165, 1.54) is 21.9 Å². The number of carbonyl (C=O) groups excluding carboxylic acids is 1. The van der Waals surface area contributed by atoms with Gasteiger partial charge in [0.25, 0.3) is 11.5 Å². The first-order valence-electron chi connectivity index (χ1n) is 8.20. The maximum Gasteiger partial charge on any atom is 0.270 e. The van der Waals surface area contributed by atoms with Crippen molar-refractivity contribution in [3.63, 3.8) is 0 Å². The smallest absolute Gasteiger partial charge is 0.270 e. The number of carbonyl (C=O) groups is 1. The van der Waals surface area contributed by atoms with Crippen LogP contribution in [-0.4, -0.2) is 25.5 Å². The van der Waals surface area contributed by atoms with Crippen molar-refractivity contribution in [3.05, 3.63) is 51.0 Å². The predicted molar refractivity (Wildman–Crippen MR) is 97.3 cm³/mol. The minimum absolute atomic E-state index is 0.0224. The minimum atomic E-state index is -0.523. The third-order valence-electron chi connectivity index (χ3n) is 3.78. The Bertz CT molecular complexity index is 963. The van der Waals surface area contributed by atoms with E-state index >= 15 is 0 Å². The standard InChI is InChI=1S/C17H19N5O2S/c1-3-4-5-6-14-20-21-17(25-14)19-15(23)12-9-18-13-8-7-11(2)10-22(13)16(12)24/h7-10H,3-6H2,1-2H3,(H,19,21,23). The molecule has 8 heteroatoms. The van der Waals surface area contributed by atoms with Crippen LogP contribution < -0.4 is 10.9 Å². The summed E-state index contributed by atoms with van der Waals surface area (Å²) < 4.78 is 1.38. The Hall–Kier alpha value is -2.61. The Morgan fingerprint density at radius 3 is 2.92 bits per heavy atom. The van der Waals surface area contributed by atoms with Crippen molar-refractivity contribution < 1.29 is 4.79 Å². The Morgan fingerprint density at radius 2 is 2.12 bits per heavy atom. The second-order valence-electron chi connectivity index (χ2n) is 5.82. The highest BCUT2D eigenvalue weighted by molar-refractivity contribution is 7.15. The lowest BCUT2D eigenvalue weighted by Gasteiger charge is -2.04. The summed E-state index contributed by atoms with van der Waals surface area (Å²) in [5.41, 5.74) is 0.987. The van der Waals surface area contributed by atoms with Gasteiger partial charge in [0.15, 0.2) is 0 Å². The van der Waals surface area contributed by atoms with Crippen LogP contribution in [0.1, 0.15) is 47.1 Å². The van der Waals surface area contributed by atoms with Crippen molar-refractivity contribution in [2.45, 2.75) is 39.5 Å². The molecular formula is C17H19N5O2S. The van der Waals surface area contributed by atoms with Crippen LogP contribution in [0.25, 0.3) is 5.65 Å². The van der Waals surface area contributed by atoms with Crippen LogP contribution in [0, 0.1) is 6.92 Å². The lowest BCUT2D eigenvalue weighted by Crippen LogP contribution is -2.26. The average Bonchev–Trinajstić information content (AvgIpc) is 3.03. The number of aromatic nitrogens is 4. The number of nitrogens with zero attached hydrogens (tertiary/aromatic N) is 4. The van der Waals surface area contributed by atoms with Crippen LogP contribution >= 0.6 is 11.3 Å². The number of anilines is 1. The van der Waals surface area contributed by atoms with E-state index in [0.29, 0.717) is 10.8 Å². The first kappa shape index (κ1) is 17.2. The maximum atomic E-state index is 12.5. The molecule has 3 aromatic rings. The van der Waals surface area contributed by atoms with Gasteiger partial charge in [-0.25, -0.2) is 4.98 Å². The van der Waals surface area contributed by atoms with E-state index in [0.717, 1.165) is 36.3 Å². The molecule has 3 rings (SSSR count). The second-order valence-corrected chi connectivity index (χ2v) is 6.89. The Kier molecular flexibility index (Phi) is 5.18. The van der Waals surface area contributed by atoms with Gasteiger partial charge in [0.05, 0.1) is 0 Å². The number of hydrogen-bond acceptors (Lipinski definition) is 6. The van der Waals surface area contributed by atoms with Gasteiger partial charge in [0.2, 0.25) is 5.13 Å². The van der Waals surface area contributed by atoms with Crippen LogP contribution in [0.2, 0.25) is 0 Å². The summed E-state index contributed by atoms with van der Waals surface area (Å²) in [6.07, 6.45) is 7.14. The van der Waals surface area contributed by atoms with Crippen molar-refractivity contribution in [1.29, 1.82) is 0 Å². The third kappa shape index (κ3) is 3.90. The van der Waals surface area contributed by atoms with Gasteiger partial charge in [-0.1, -0.05) is 37.2 Å². The van der Waals surface area contributed by atoms with Gasteiger partial charge in [-0.3, -0.25) is 19.3 Å². The van der Waals surface area contributed by atoms with Gasteiger partial charge in [0, 0.05) is 18.8 Å². The molecule has 0 aliphatic carbocycles. The molecule has 0 fully saturated rings. The number of amides is 1. The summed E-state index contributed by atoms with van der Waals surface area (Å²) >= 11 is 1.33. The van der Waals surface area contributed by atoms with Crippen LogP contribution in [-0.2, 0) is 6.42 Å². The monoisotopic (exact) mass is 357 g/mol. The molecule has 0 spiro atoms.